The van der Waals surface area contributed by atoms with Crippen LogP contribution in [-0.4, -0.2) is 17.3 Å². The summed E-state index contributed by atoms with van der Waals surface area (Å²) in [5.74, 6) is 0.203. The lowest BCUT2D eigenvalue weighted by Crippen LogP contribution is -2.37. The fraction of sp³-hybridized carbons (Fsp3) is 1.00. The Morgan fingerprint density at radius 1 is 1.42 bits per heavy atom. The Bertz CT molecular complexity index is 112. The Kier molecular flexibility index (Phi) is 5.51. The van der Waals surface area contributed by atoms with E-state index in [-0.39, 0.29) is 5.92 Å². The van der Waals surface area contributed by atoms with Gasteiger partial charge in [0.2, 0.25) is 0 Å². The van der Waals surface area contributed by atoms with Crippen LogP contribution in [0.15, 0.2) is 0 Å². The normalized spacial score (nSPS) is 18.8. The smallest absolute Gasteiger partial charge is 0.0657 e. The molecule has 2 nitrogen and oxygen atoms in total. The quantitative estimate of drug-likeness (QED) is 0.603. The molecule has 0 radical (unpaired) electrons. The van der Waals surface area contributed by atoms with Gasteiger partial charge in [0, 0.05) is 0 Å². The molecule has 2 unspecified atom stereocenters. The Morgan fingerprint density at radius 3 is 2.42 bits per heavy atom. The molecule has 0 spiro atoms. The first-order valence-corrected chi connectivity index (χ1v) is 4.97. The molecule has 0 aliphatic heterocycles. The summed E-state index contributed by atoms with van der Waals surface area (Å²) in [6.07, 6.45) is 4.38. The molecule has 0 aliphatic rings. The highest BCUT2D eigenvalue weighted by atomic mass is 16.3. The summed E-state index contributed by atoms with van der Waals surface area (Å²) in [5, 5.41) is 9.93. The lowest BCUT2D eigenvalue weighted by Gasteiger charge is -2.29. The molecule has 0 aromatic rings. The van der Waals surface area contributed by atoms with Gasteiger partial charge in [-0.1, -0.05) is 33.1 Å². The zero-order valence-corrected chi connectivity index (χ0v) is 8.64. The van der Waals surface area contributed by atoms with Crippen LogP contribution in [0.1, 0.15) is 46.5 Å². The molecule has 0 fully saturated rings. The summed E-state index contributed by atoms with van der Waals surface area (Å²) in [4.78, 5) is 0. The summed E-state index contributed by atoms with van der Waals surface area (Å²) >= 11 is 0. The van der Waals surface area contributed by atoms with Crippen molar-refractivity contribution in [2.24, 2.45) is 11.7 Å². The summed E-state index contributed by atoms with van der Waals surface area (Å²) < 4.78 is 0. The second-order valence-electron chi connectivity index (χ2n) is 3.95. The molecule has 2 atom stereocenters. The van der Waals surface area contributed by atoms with Crippen LogP contribution in [0.3, 0.4) is 0 Å². The van der Waals surface area contributed by atoms with Crippen molar-refractivity contribution in [1.29, 1.82) is 0 Å². The molecule has 74 valence electrons. The lowest BCUT2D eigenvalue weighted by atomic mass is 9.86. The van der Waals surface area contributed by atoms with E-state index in [0.717, 1.165) is 12.8 Å². The highest BCUT2D eigenvalue weighted by molar-refractivity contribution is 4.79. The van der Waals surface area contributed by atoms with E-state index in [1.165, 1.54) is 12.8 Å². The van der Waals surface area contributed by atoms with E-state index in [2.05, 4.69) is 6.92 Å². The van der Waals surface area contributed by atoms with Gasteiger partial charge in [-0.25, -0.2) is 0 Å². The minimum atomic E-state index is -0.566. The number of hydrogen-bond acceptors (Lipinski definition) is 2. The van der Waals surface area contributed by atoms with E-state index in [0.29, 0.717) is 6.54 Å². The average molecular weight is 173 g/mol. The predicted molar refractivity (Wildman–Crippen MR) is 53.0 cm³/mol. The van der Waals surface area contributed by atoms with Crippen LogP contribution in [0.25, 0.3) is 0 Å². The molecular formula is C10H23NO. The molecule has 0 aliphatic carbocycles. The highest BCUT2D eigenvalue weighted by Crippen LogP contribution is 2.22. The van der Waals surface area contributed by atoms with E-state index >= 15 is 0 Å². The van der Waals surface area contributed by atoms with Crippen molar-refractivity contribution in [2.45, 2.75) is 52.1 Å². The molecule has 0 bridgehead atoms. The van der Waals surface area contributed by atoms with E-state index in [1.54, 1.807) is 0 Å². The zero-order valence-electron chi connectivity index (χ0n) is 8.64. The molecule has 12 heavy (non-hydrogen) atoms. The molecule has 0 amide bonds. The van der Waals surface area contributed by atoms with Gasteiger partial charge >= 0.3 is 0 Å². The lowest BCUT2D eigenvalue weighted by molar-refractivity contribution is -0.000393. The Labute approximate surface area is 76.2 Å². The third-order valence-electron chi connectivity index (χ3n) is 2.70. The van der Waals surface area contributed by atoms with Crippen molar-refractivity contribution in [1.82, 2.24) is 0 Å². The van der Waals surface area contributed by atoms with E-state index < -0.39 is 5.60 Å². The second kappa shape index (κ2) is 5.55. The molecule has 0 saturated heterocycles. The summed E-state index contributed by atoms with van der Waals surface area (Å²) in [6.45, 7) is 6.63. The third-order valence-corrected chi connectivity index (χ3v) is 2.70. The molecule has 0 heterocycles. The Balaban J connectivity index is 3.70. The maximum absolute atomic E-state index is 9.93. The predicted octanol–water partition coefficient (Wildman–Crippen LogP) is 1.91. The Morgan fingerprint density at radius 2 is 2.00 bits per heavy atom. The number of rotatable bonds is 6. The van der Waals surface area contributed by atoms with Crippen molar-refractivity contribution in [3.05, 3.63) is 0 Å². The van der Waals surface area contributed by atoms with Crippen molar-refractivity contribution in [2.75, 3.05) is 6.54 Å². The van der Waals surface area contributed by atoms with Crippen molar-refractivity contribution >= 4 is 0 Å². The van der Waals surface area contributed by atoms with Crippen LogP contribution in [0.5, 0.6) is 0 Å². The SMILES string of the molecule is CCCCCC(C)(O)C(C)CN. The van der Waals surface area contributed by atoms with E-state index in [9.17, 15) is 5.11 Å². The first-order valence-electron chi connectivity index (χ1n) is 4.97. The molecule has 0 aromatic heterocycles. The number of hydrogen-bond donors (Lipinski definition) is 2. The van der Waals surface area contributed by atoms with Crippen molar-refractivity contribution in [3.63, 3.8) is 0 Å². The topological polar surface area (TPSA) is 46.2 Å². The Hall–Kier alpha value is -0.0800. The van der Waals surface area contributed by atoms with Gasteiger partial charge in [-0.2, -0.15) is 0 Å². The van der Waals surface area contributed by atoms with Crippen LogP contribution < -0.4 is 5.73 Å². The largest absolute Gasteiger partial charge is 0.390 e. The van der Waals surface area contributed by atoms with Crippen LogP contribution >= 0.6 is 0 Å². The minimum Gasteiger partial charge on any atom is -0.390 e. The number of aliphatic hydroxyl groups is 1. The summed E-state index contributed by atoms with van der Waals surface area (Å²) in [5.41, 5.74) is 4.94. The maximum Gasteiger partial charge on any atom is 0.0657 e. The highest BCUT2D eigenvalue weighted by Gasteiger charge is 2.25. The number of unbranched alkanes of at least 4 members (excludes halogenated alkanes) is 2. The monoisotopic (exact) mass is 173 g/mol. The second-order valence-corrected chi connectivity index (χ2v) is 3.95. The first-order chi connectivity index (χ1) is 5.54. The van der Waals surface area contributed by atoms with Crippen molar-refractivity contribution in [3.8, 4) is 0 Å². The van der Waals surface area contributed by atoms with Gasteiger partial charge in [-0.05, 0) is 25.8 Å². The first kappa shape index (κ1) is 11.9. The molecule has 0 rings (SSSR count). The van der Waals surface area contributed by atoms with E-state index in [4.69, 9.17) is 5.73 Å². The molecule has 3 N–H and O–H groups in total. The fourth-order valence-electron chi connectivity index (χ4n) is 1.23. The molecular weight excluding hydrogens is 150 g/mol. The van der Waals surface area contributed by atoms with Gasteiger partial charge in [0.15, 0.2) is 0 Å². The van der Waals surface area contributed by atoms with Crippen LogP contribution in [-0.2, 0) is 0 Å². The maximum atomic E-state index is 9.93. The minimum absolute atomic E-state index is 0.203. The molecule has 0 aromatic carbocycles. The van der Waals surface area contributed by atoms with Gasteiger partial charge in [0.1, 0.15) is 0 Å². The van der Waals surface area contributed by atoms with Gasteiger partial charge in [-0.3, -0.25) is 0 Å². The number of nitrogens with two attached hydrogens (primary N) is 1. The van der Waals surface area contributed by atoms with Crippen LogP contribution in [0.2, 0.25) is 0 Å². The molecule has 0 saturated carbocycles. The van der Waals surface area contributed by atoms with Gasteiger partial charge in [0.25, 0.3) is 0 Å². The van der Waals surface area contributed by atoms with Gasteiger partial charge < -0.3 is 10.8 Å². The van der Waals surface area contributed by atoms with Crippen LogP contribution in [0.4, 0.5) is 0 Å². The summed E-state index contributed by atoms with van der Waals surface area (Å²) in [6, 6.07) is 0. The van der Waals surface area contributed by atoms with E-state index in [1.807, 2.05) is 13.8 Å². The van der Waals surface area contributed by atoms with Gasteiger partial charge in [-0.15, -0.1) is 0 Å². The summed E-state index contributed by atoms with van der Waals surface area (Å²) in [7, 11) is 0. The van der Waals surface area contributed by atoms with Crippen LogP contribution in [0, 0.1) is 5.92 Å². The van der Waals surface area contributed by atoms with Gasteiger partial charge in [0.05, 0.1) is 5.60 Å². The fourth-order valence-corrected chi connectivity index (χ4v) is 1.23. The van der Waals surface area contributed by atoms with Crippen molar-refractivity contribution < 1.29 is 5.11 Å². The average Bonchev–Trinajstić information content (AvgIpc) is 2.03. The third kappa shape index (κ3) is 4.07. The molecule has 2 heteroatoms. The standard InChI is InChI=1S/C10H23NO/c1-4-5-6-7-10(3,12)9(2)8-11/h9,12H,4-8,11H2,1-3H3. The zero-order chi connectivity index (χ0) is 9.61.